The van der Waals surface area contributed by atoms with Crippen LogP contribution < -0.4 is 16.0 Å². The molecule has 0 amide bonds. The molecule has 3 saturated heterocycles. The second-order valence-corrected chi connectivity index (χ2v) is 8.01. The van der Waals surface area contributed by atoms with Crippen LogP contribution in [0.4, 0.5) is 0 Å². The van der Waals surface area contributed by atoms with E-state index in [1.54, 1.807) is 16.7 Å². The molecule has 0 spiro atoms. The Morgan fingerprint density at radius 2 is 0.708 bits per heavy atom. The topological polar surface area (TPSA) is 36.1 Å². The van der Waals surface area contributed by atoms with Crippen molar-refractivity contribution in [2.45, 2.75) is 56.3 Å². The van der Waals surface area contributed by atoms with Crippen molar-refractivity contribution in [1.29, 1.82) is 0 Å². The quantitative estimate of drug-likeness (QED) is 0.798. The van der Waals surface area contributed by atoms with Gasteiger partial charge in [0.25, 0.3) is 0 Å². The van der Waals surface area contributed by atoms with Gasteiger partial charge in [0.1, 0.15) is 0 Å². The van der Waals surface area contributed by atoms with Crippen LogP contribution in [0, 0.1) is 0 Å². The van der Waals surface area contributed by atoms with Gasteiger partial charge in [-0.25, -0.2) is 0 Å². The minimum Gasteiger partial charge on any atom is -0.317 e. The summed E-state index contributed by atoms with van der Waals surface area (Å²) in [5.41, 5.74) is 4.92. The lowest BCUT2D eigenvalue weighted by Gasteiger charge is -2.30. The molecule has 0 unspecified atom stereocenters. The zero-order valence-corrected chi connectivity index (χ0v) is 14.9. The van der Waals surface area contributed by atoms with Gasteiger partial charge in [0.05, 0.1) is 0 Å². The van der Waals surface area contributed by atoms with Crippen molar-refractivity contribution in [3.63, 3.8) is 0 Å². The summed E-state index contributed by atoms with van der Waals surface area (Å²) < 4.78 is 0. The Balaban J connectivity index is 1.63. The van der Waals surface area contributed by atoms with Crippen molar-refractivity contribution in [2.75, 3.05) is 39.3 Å². The Bertz CT molecular complexity index is 435. The largest absolute Gasteiger partial charge is 0.317 e. The Kier molecular flexibility index (Phi) is 5.51. The molecule has 3 heteroatoms. The average Bonchev–Trinajstić information content (AvgIpc) is 2.70. The molecule has 0 aromatic heterocycles. The molecule has 3 fully saturated rings. The molecule has 132 valence electrons. The molecule has 3 heterocycles. The normalized spacial score (nSPS) is 25.0. The molecule has 1 aromatic carbocycles. The Morgan fingerprint density at radius 1 is 0.458 bits per heavy atom. The number of rotatable bonds is 3. The van der Waals surface area contributed by atoms with Crippen LogP contribution in [-0.2, 0) is 0 Å². The first-order valence-corrected chi connectivity index (χ1v) is 10.2. The molecule has 1 aromatic rings. The summed E-state index contributed by atoms with van der Waals surface area (Å²) in [4.78, 5) is 0. The first-order valence-electron chi connectivity index (χ1n) is 10.2. The highest BCUT2D eigenvalue weighted by Crippen LogP contribution is 2.36. The first-order chi connectivity index (χ1) is 11.9. The minimum absolute atomic E-state index is 0.772. The van der Waals surface area contributed by atoms with Gasteiger partial charge in [-0.15, -0.1) is 0 Å². The van der Waals surface area contributed by atoms with E-state index >= 15 is 0 Å². The number of hydrogen-bond acceptors (Lipinski definition) is 3. The van der Waals surface area contributed by atoms with Gasteiger partial charge in [0, 0.05) is 0 Å². The van der Waals surface area contributed by atoms with Crippen LogP contribution >= 0.6 is 0 Å². The van der Waals surface area contributed by atoms with Crippen LogP contribution in [0.3, 0.4) is 0 Å². The van der Waals surface area contributed by atoms with E-state index in [4.69, 9.17) is 0 Å². The molecule has 3 N–H and O–H groups in total. The number of benzene rings is 1. The molecule has 24 heavy (non-hydrogen) atoms. The van der Waals surface area contributed by atoms with E-state index in [9.17, 15) is 0 Å². The van der Waals surface area contributed by atoms with Crippen molar-refractivity contribution in [3.05, 3.63) is 34.9 Å². The fourth-order valence-electron chi connectivity index (χ4n) is 4.88. The molecule has 0 radical (unpaired) electrons. The molecular formula is C21H33N3. The minimum atomic E-state index is 0.772. The highest BCUT2D eigenvalue weighted by atomic mass is 14.9. The van der Waals surface area contributed by atoms with Gasteiger partial charge in [0.2, 0.25) is 0 Å². The van der Waals surface area contributed by atoms with E-state index in [2.05, 4.69) is 34.1 Å². The van der Waals surface area contributed by atoms with Crippen molar-refractivity contribution >= 4 is 0 Å². The van der Waals surface area contributed by atoms with E-state index in [-0.39, 0.29) is 0 Å². The van der Waals surface area contributed by atoms with Crippen LogP contribution in [0.15, 0.2) is 18.2 Å². The van der Waals surface area contributed by atoms with Gasteiger partial charge < -0.3 is 16.0 Å². The third-order valence-corrected chi connectivity index (χ3v) is 6.43. The summed E-state index contributed by atoms with van der Waals surface area (Å²) in [6, 6.07) is 7.74. The molecule has 3 aliphatic rings. The van der Waals surface area contributed by atoms with E-state index < -0.39 is 0 Å². The lowest BCUT2D eigenvalue weighted by molar-refractivity contribution is 0.444. The summed E-state index contributed by atoms with van der Waals surface area (Å²) in [5.74, 6) is 2.31. The summed E-state index contributed by atoms with van der Waals surface area (Å²) >= 11 is 0. The van der Waals surface area contributed by atoms with Gasteiger partial charge in [-0.05, 0) is 112 Å². The molecule has 0 saturated carbocycles. The molecule has 3 aliphatic heterocycles. The van der Waals surface area contributed by atoms with Gasteiger partial charge in [-0.2, -0.15) is 0 Å². The summed E-state index contributed by atoms with van der Waals surface area (Å²) in [7, 11) is 0. The SMILES string of the molecule is c1c(C2CCNCC2)cc(C2CCNCC2)cc1C1CCNCC1. The monoisotopic (exact) mass is 327 g/mol. The molecule has 0 atom stereocenters. The Morgan fingerprint density at radius 3 is 0.958 bits per heavy atom. The maximum Gasteiger partial charge on any atom is -0.00431 e. The number of hydrogen-bond donors (Lipinski definition) is 3. The van der Waals surface area contributed by atoms with E-state index in [0.717, 1.165) is 17.8 Å². The molecule has 0 bridgehead atoms. The zero-order valence-electron chi connectivity index (χ0n) is 14.9. The van der Waals surface area contributed by atoms with Crippen molar-refractivity contribution < 1.29 is 0 Å². The van der Waals surface area contributed by atoms with E-state index in [1.165, 1.54) is 77.8 Å². The van der Waals surface area contributed by atoms with Crippen molar-refractivity contribution in [3.8, 4) is 0 Å². The number of piperidine rings is 3. The van der Waals surface area contributed by atoms with Crippen LogP contribution in [0.5, 0.6) is 0 Å². The predicted molar refractivity (Wildman–Crippen MR) is 101 cm³/mol. The third-order valence-electron chi connectivity index (χ3n) is 6.43. The van der Waals surface area contributed by atoms with Crippen LogP contribution in [0.1, 0.15) is 73.0 Å². The molecule has 3 nitrogen and oxygen atoms in total. The standard InChI is InChI=1S/C21H33N3/c1-7-22-8-2-16(1)19-13-20(17-3-9-23-10-4-17)15-21(14-19)18-5-11-24-12-6-18/h13-18,22-24H,1-12H2. The highest BCUT2D eigenvalue weighted by molar-refractivity contribution is 5.37. The maximum absolute atomic E-state index is 3.52. The molecular weight excluding hydrogens is 294 g/mol. The molecule has 4 rings (SSSR count). The average molecular weight is 328 g/mol. The smallest absolute Gasteiger partial charge is 0.00431 e. The fourth-order valence-corrected chi connectivity index (χ4v) is 4.88. The summed E-state index contributed by atoms with van der Waals surface area (Å²) in [6.45, 7) is 7.11. The second-order valence-electron chi connectivity index (χ2n) is 8.01. The van der Waals surface area contributed by atoms with Gasteiger partial charge in [-0.1, -0.05) is 18.2 Å². The first kappa shape index (κ1) is 16.6. The molecule has 0 aliphatic carbocycles. The van der Waals surface area contributed by atoms with E-state index in [1.807, 2.05) is 0 Å². The van der Waals surface area contributed by atoms with Gasteiger partial charge in [0.15, 0.2) is 0 Å². The summed E-state index contributed by atoms with van der Waals surface area (Å²) in [5, 5.41) is 10.6. The van der Waals surface area contributed by atoms with Crippen LogP contribution in [0.25, 0.3) is 0 Å². The van der Waals surface area contributed by atoms with Gasteiger partial charge in [-0.3, -0.25) is 0 Å². The second kappa shape index (κ2) is 7.99. The highest BCUT2D eigenvalue weighted by Gasteiger charge is 2.23. The van der Waals surface area contributed by atoms with Crippen LogP contribution in [0.2, 0.25) is 0 Å². The Hall–Kier alpha value is -0.900. The lowest BCUT2D eigenvalue weighted by atomic mass is 9.80. The predicted octanol–water partition coefficient (Wildman–Crippen LogP) is 3.09. The zero-order chi connectivity index (χ0) is 16.2. The lowest BCUT2D eigenvalue weighted by Crippen LogP contribution is -2.29. The Labute approximate surface area is 147 Å². The summed E-state index contributed by atoms with van der Waals surface area (Å²) in [6.07, 6.45) is 7.84. The fraction of sp³-hybridized carbons (Fsp3) is 0.714. The van der Waals surface area contributed by atoms with Crippen molar-refractivity contribution in [1.82, 2.24) is 16.0 Å². The maximum atomic E-state index is 3.52. The van der Waals surface area contributed by atoms with E-state index in [0.29, 0.717) is 0 Å². The van der Waals surface area contributed by atoms with Crippen molar-refractivity contribution in [2.24, 2.45) is 0 Å². The third kappa shape index (κ3) is 3.84. The van der Waals surface area contributed by atoms with Crippen LogP contribution in [-0.4, -0.2) is 39.3 Å². The van der Waals surface area contributed by atoms with Gasteiger partial charge >= 0.3 is 0 Å². The number of nitrogens with one attached hydrogen (secondary N) is 3.